The quantitative estimate of drug-likeness (QED) is 0.894. The lowest BCUT2D eigenvalue weighted by atomic mass is 10.0. The van der Waals surface area contributed by atoms with Gasteiger partial charge in [0.05, 0.1) is 13.7 Å². The zero-order chi connectivity index (χ0) is 13.7. The largest absolute Gasteiger partial charge is 0.497 e. The molecule has 0 amide bonds. The predicted octanol–water partition coefficient (Wildman–Crippen LogP) is 3.22. The van der Waals surface area contributed by atoms with Gasteiger partial charge < -0.3 is 15.2 Å². The van der Waals surface area contributed by atoms with E-state index in [-0.39, 0.29) is 0 Å². The fourth-order valence-corrected chi connectivity index (χ4v) is 2.02. The SMILES string of the molecule is CCOc1ccc(-c2cccc(OC)c2)cc1CN. The van der Waals surface area contributed by atoms with E-state index in [2.05, 4.69) is 12.1 Å². The summed E-state index contributed by atoms with van der Waals surface area (Å²) in [6.45, 7) is 3.08. The van der Waals surface area contributed by atoms with Crippen molar-refractivity contribution in [1.82, 2.24) is 0 Å². The lowest BCUT2D eigenvalue weighted by Gasteiger charge is -2.11. The van der Waals surface area contributed by atoms with Crippen molar-refractivity contribution in [2.45, 2.75) is 13.5 Å². The Balaban J connectivity index is 2.39. The van der Waals surface area contributed by atoms with Crippen LogP contribution in [0, 0.1) is 0 Å². The minimum atomic E-state index is 0.465. The summed E-state index contributed by atoms with van der Waals surface area (Å²) >= 11 is 0. The average molecular weight is 257 g/mol. The van der Waals surface area contributed by atoms with E-state index >= 15 is 0 Å². The van der Waals surface area contributed by atoms with Gasteiger partial charge in [0.1, 0.15) is 11.5 Å². The maximum Gasteiger partial charge on any atom is 0.123 e. The second kappa shape index (κ2) is 6.25. The van der Waals surface area contributed by atoms with Gasteiger partial charge in [-0.25, -0.2) is 0 Å². The summed E-state index contributed by atoms with van der Waals surface area (Å²) in [6.07, 6.45) is 0. The van der Waals surface area contributed by atoms with Gasteiger partial charge in [-0.1, -0.05) is 18.2 Å². The van der Waals surface area contributed by atoms with Gasteiger partial charge in [0.2, 0.25) is 0 Å². The number of methoxy groups -OCH3 is 1. The van der Waals surface area contributed by atoms with Crippen LogP contribution in [-0.2, 0) is 6.54 Å². The van der Waals surface area contributed by atoms with Crippen LogP contribution in [-0.4, -0.2) is 13.7 Å². The Bertz CT molecular complexity index is 552. The van der Waals surface area contributed by atoms with E-state index in [4.69, 9.17) is 15.2 Å². The fraction of sp³-hybridized carbons (Fsp3) is 0.250. The molecule has 0 unspecified atom stereocenters. The minimum Gasteiger partial charge on any atom is -0.497 e. The molecule has 0 atom stereocenters. The maximum absolute atomic E-state index is 5.78. The number of hydrogen-bond acceptors (Lipinski definition) is 3. The first-order chi connectivity index (χ1) is 9.28. The van der Waals surface area contributed by atoms with Gasteiger partial charge in [-0.15, -0.1) is 0 Å². The van der Waals surface area contributed by atoms with Crippen molar-refractivity contribution < 1.29 is 9.47 Å². The van der Waals surface area contributed by atoms with Gasteiger partial charge in [-0.2, -0.15) is 0 Å². The van der Waals surface area contributed by atoms with Crippen molar-refractivity contribution in [2.75, 3.05) is 13.7 Å². The molecule has 100 valence electrons. The Morgan fingerprint density at radius 2 is 1.84 bits per heavy atom. The molecule has 19 heavy (non-hydrogen) atoms. The summed E-state index contributed by atoms with van der Waals surface area (Å²) < 4.78 is 10.8. The molecule has 0 saturated carbocycles. The van der Waals surface area contributed by atoms with Crippen molar-refractivity contribution in [3.63, 3.8) is 0 Å². The molecular formula is C16H19NO2. The van der Waals surface area contributed by atoms with Crippen LogP contribution in [0.2, 0.25) is 0 Å². The highest BCUT2D eigenvalue weighted by Gasteiger charge is 2.06. The van der Waals surface area contributed by atoms with Crippen molar-refractivity contribution in [1.29, 1.82) is 0 Å². The van der Waals surface area contributed by atoms with E-state index in [1.807, 2.05) is 37.3 Å². The van der Waals surface area contributed by atoms with Gasteiger partial charge >= 0.3 is 0 Å². The molecule has 0 heterocycles. The summed E-state index contributed by atoms with van der Waals surface area (Å²) in [5.41, 5.74) is 9.02. The highest BCUT2D eigenvalue weighted by molar-refractivity contribution is 5.67. The first-order valence-corrected chi connectivity index (χ1v) is 6.38. The van der Waals surface area contributed by atoms with E-state index in [9.17, 15) is 0 Å². The molecule has 0 aliphatic heterocycles. The van der Waals surface area contributed by atoms with Gasteiger partial charge in [0, 0.05) is 12.1 Å². The standard InChI is InChI=1S/C16H19NO2/c1-3-19-16-8-7-13(9-14(16)11-17)12-5-4-6-15(10-12)18-2/h4-10H,3,11,17H2,1-2H3. The van der Waals surface area contributed by atoms with E-state index in [0.29, 0.717) is 13.2 Å². The van der Waals surface area contributed by atoms with Crippen LogP contribution in [0.25, 0.3) is 11.1 Å². The summed E-state index contributed by atoms with van der Waals surface area (Å²) in [5, 5.41) is 0. The van der Waals surface area contributed by atoms with E-state index in [0.717, 1.165) is 28.2 Å². The summed E-state index contributed by atoms with van der Waals surface area (Å²) in [4.78, 5) is 0. The number of ether oxygens (including phenoxy) is 2. The fourth-order valence-electron chi connectivity index (χ4n) is 2.02. The third-order valence-corrected chi connectivity index (χ3v) is 2.98. The molecule has 0 spiro atoms. The van der Waals surface area contributed by atoms with E-state index in [1.165, 1.54) is 0 Å². The smallest absolute Gasteiger partial charge is 0.123 e. The first-order valence-electron chi connectivity index (χ1n) is 6.38. The molecule has 0 aromatic heterocycles. The molecule has 2 aromatic carbocycles. The summed E-state index contributed by atoms with van der Waals surface area (Å²) in [5.74, 6) is 1.71. The maximum atomic E-state index is 5.78. The van der Waals surface area contributed by atoms with Crippen LogP contribution < -0.4 is 15.2 Å². The second-order valence-electron chi connectivity index (χ2n) is 4.19. The lowest BCUT2D eigenvalue weighted by Crippen LogP contribution is -2.02. The number of benzene rings is 2. The molecule has 2 rings (SSSR count). The number of nitrogens with two attached hydrogens (primary N) is 1. The third-order valence-electron chi connectivity index (χ3n) is 2.98. The summed E-state index contributed by atoms with van der Waals surface area (Å²) in [6, 6.07) is 14.1. The molecule has 0 radical (unpaired) electrons. The Hall–Kier alpha value is -2.00. The third kappa shape index (κ3) is 3.06. The average Bonchev–Trinajstić information content (AvgIpc) is 2.48. The predicted molar refractivity (Wildman–Crippen MR) is 77.5 cm³/mol. The molecular weight excluding hydrogens is 238 g/mol. The first kappa shape index (κ1) is 13.4. The molecule has 2 aromatic rings. The highest BCUT2D eigenvalue weighted by atomic mass is 16.5. The normalized spacial score (nSPS) is 10.3. The Morgan fingerprint density at radius 3 is 2.53 bits per heavy atom. The van der Waals surface area contributed by atoms with E-state index in [1.54, 1.807) is 7.11 Å². The second-order valence-corrected chi connectivity index (χ2v) is 4.19. The van der Waals surface area contributed by atoms with Crippen LogP contribution >= 0.6 is 0 Å². The highest BCUT2D eigenvalue weighted by Crippen LogP contribution is 2.28. The zero-order valence-electron chi connectivity index (χ0n) is 11.3. The minimum absolute atomic E-state index is 0.465. The summed E-state index contributed by atoms with van der Waals surface area (Å²) in [7, 11) is 1.67. The molecule has 2 N–H and O–H groups in total. The number of hydrogen-bond donors (Lipinski definition) is 1. The van der Waals surface area contributed by atoms with Crippen LogP contribution in [0.3, 0.4) is 0 Å². The number of rotatable bonds is 5. The molecule has 0 saturated heterocycles. The van der Waals surface area contributed by atoms with Crippen molar-refractivity contribution in [3.05, 3.63) is 48.0 Å². The molecule has 0 aliphatic carbocycles. The Labute approximate surface area is 114 Å². The van der Waals surface area contributed by atoms with Gasteiger partial charge in [0.15, 0.2) is 0 Å². The van der Waals surface area contributed by atoms with Gasteiger partial charge in [-0.3, -0.25) is 0 Å². The Morgan fingerprint density at radius 1 is 1.05 bits per heavy atom. The molecule has 3 heteroatoms. The molecule has 0 bridgehead atoms. The van der Waals surface area contributed by atoms with Crippen molar-refractivity contribution in [2.24, 2.45) is 5.73 Å². The topological polar surface area (TPSA) is 44.5 Å². The van der Waals surface area contributed by atoms with Gasteiger partial charge in [-0.05, 0) is 42.3 Å². The molecule has 0 fully saturated rings. The molecule has 0 aliphatic rings. The molecule has 3 nitrogen and oxygen atoms in total. The van der Waals surface area contributed by atoms with Crippen LogP contribution in [0.1, 0.15) is 12.5 Å². The van der Waals surface area contributed by atoms with E-state index < -0.39 is 0 Å². The lowest BCUT2D eigenvalue weighted by molar-refractivity contribution is 0.336. The van der Waals surface area contributed by atoms with Crippen LogP contribution in [0.4, 0.5) is 0 Å². The Kier molecular flexibility index (Phi) is 4.42. The monoisotopic (exact) mass is 257 g/mol. The van der Waals surface area contributed by atoms with Gasteiger partial charge in [0.25, 0.3) is 0 Å². The zero-order valence-corrected chi connectivity index (χ0v) is 11.3. The van der Waals surface area contributed by atoms with Crippen LogP contribution in [0.5, 0.6) is 11.5 Å². The van der Waals surface area contributed by atoms with Crippen molar-refractivity contribution in [3.8, 4) is 22.6 Å². The van der Waals surface area contributed by atoms with Crippen LogP contribution in [0.15, 0.2) is 42.5 Å². The van der Waals surface area contributed by atoms with Crippen molar-refractivity contribution >= 4 is 0 Å².